The summed E-state index contributed by atoms with van der Waals surface area (Å²) in [6.07, 6.45) is 0. The summed E-state index contributed by atoms with van der Waals surface area (Å²) in [5.41, 5.74) is 1.45. The molecular formula is C17H18N2O6S. The molecule has 138 valence electrons. The summed E-state index contributed by atoms with van der Waals surface area (Å²) in [7, 11) is -3.92. The van der Waals surface area contributed by atoms with Gasteiger partial charge in [-0.1, -0.05) is 6.07 Å². The maximum atomic E-state index is 12.7. The van der Waals surface area contributed by atoms with E-state index in [2.05, 4.69) is 4.72 Å². The fourth-order valence-electron chi connectivity index (χ4n) is 2.65. The first-order valence-electron chi connectivity index (χ1n) is 7.92. The van der Waals surface area contributed by atoms with Crippen molar-refractivity contribution in [3.63, 3.8) is 0 Å². The summed E-state index contributed by atoms with van der Waals surface area (Å²) in [5.74, 6) is 1.18. The highest BCUT2D eigenvalue weighted by Crippen LogP contribution is 2.31. The van der Waals surface area contributed by atoms with Gasteiger partial charge in [-0.15, -0.1) is 0 Å². The average Bonchev–Trinajstić information content (AvgIpc) is 2.61. The van der Waals surface area contributed by atoms with E-state index in [0.29, 0.717) is 41.4 Å². The maximum Gasteiger partial charge on any atom is 0.271 e. The van der Waals surface area contributed by atoms with Gasteiger partial charge < -0.3 is 9.47 Å². The number of hydrogen-bond acceptors (Lipinski definition) is 6. The van der Waals surface area contributed by atoms with Crippen molar-refractivity contribution in [3.8, 4) is 11.5 Å². The second-order valence-corrected chi connectivity index (χ2v) is 7.68. The van der Waals surface area contributed by atoms with Gasteiger partial charge in [0.1, 0.15) is 13.2 Å². The normalized spacial score (nSPS) is 13.5. The molecule has 0 aromatic heterocycles. The molecule has 0 bridgehead atoms. The van der Waals surface area contributed by atoms with Crippen LogP contribution in [0.3, 0.4) is 0 Å². The van der Waals surface area contributed by atoms with Gasteiger partial charge in [-0.2, -0.15) is 0 Å². The number of nitro groups is 1. The molecular weight excluding hydrogens is 360 g/mol. The number of nitro benzene ring substituents is 1. The molecule has 0 spiro atoms. The van der Waals surface area contributed by atoms with Crippen molar-refractivity contribution >= 4 is 15.7 Å². The Bertz CT molecular complexity index is 971. The minimum absolute atomic E-state index is 0.0279. The molecule has 0 saturated heterocycles. The van der Waals surface area contributed by atoms with Crippen molar-refractivity contribution in [3.05, 3.63) is 57.1 Å². The third kappa shape index (κ3) is 3.63. The number of sulfonamides is 1. The van der Waals surface area contributed by atoms with Gasteiger partial charge >= 0.3 is 0 Å². The van der Waals surface area contributed by atoms with Crippen LogP contribution in [0, 0.1) is 24.0 Å². The van der Waals surface area contributed by atoms with Crippen molar-refractivity contribution in [2.75, 3.05) is 13.2 Å². The van der Waals surface area contributed by atoms with E-state index in [0.717, 1.165) is 6.07 Å². The molecule has 0 fully saturated rings. The summed E-state index contributed by atoms with van der Waals surface area (Å²) < 4.78 is 38.7. The van der Waals surface area contributed by atoms with E-state index in [4.69, 9.17) is 9.47 Å². The van der Waals surface area contributed by atoms with E-state index in [1.165, 1.54) is 6.07 Å². The Morgan fingerprint density at radius 1 is 1.12 bits per heavy atom. The van der Waals surface area contributed by atoms with Crippen LogP contribution in [0.5, 0.6) is 11.5 Å². The number of ether oxygens (including phenoxy) is 2. The van der Waals surface area contributed by atoms with Crippen LogP contribution in [0.4, 0.5) is 5.69 Å². The Morgan fingerprint density at radius 3 is 2.50 bits per heavy atom. The molecule has 0 saturated carbocycles. The lowest BCUT2D eigenvalue weighted by molar-refractivity contribution is -0.385. The lowest BCUT2D eigenvalue weighted by Gasteiger charge is -2.19. The molecule has 0 aliphatic carbocycles. The zero-order valence-corrected chi connectivity index (χ0v) is 15.1. The van der Waals surface area contributed by atoms with Crippen LogP contribution in [0.2, 0.25) is 0 Å². The number of benzene rings is 2. The van der Waals surface area contributed by atoms with Gasteiger partial charge in [0.05, 0.1) is 9.82 Å². The van der Waals surface area contributed by atoms with E-state index in [9.17, 15) is 18.5 Å². The first kappa shape index (κ1) is 18.2. The number of rotatable bonds is 5. The van der Waals surface area contributed by atoms with Crippen molar-refractivity contribution in [2.45, 2.75) is 25.3 Å². The number of hydrogen-bond donors (Lipinski definition) is 1. The fourth-order valence-corrected chi connectivity index (χ4v) is 4.00. The molecule has 0 atom stereocenters. The van der Waals surface area contributed by atoms with Crippen molar-refractivity contribution in [1.29, 1.82) is 0 Å². The van der Waals surface area contributed by atoms with Crippen molar-refractivity contribution in [2.24, 2.45) is 0 Å². The molecule has 2 aromatic carbocycles. The minimum atomic E-state index is -3.92. The highest BCUT2D eigenvalue weighted by molar-refractivity contribution is 7.89. The molecule has 1 N–H and O–H groups in total. The highest BCUT2D eigenvalue weighted by Gasteiger charge is 2.22. The highest BCUT2D eigenvalue weighted by atomic mass is 32.2. The lowest BCUT2D eigenvalue weighted by Crippen LogP contribution is -2.24. The number of non-ortho nitro benzene ring substituents is 1. The molecule has 1 heterocycles. The predicted molar refractivity (Wildman–Crippen MR) is 94.0 cm³/mol. The summed E-state index contributed by atoms with van der Waals surface area (Å²) in [4.78, 5) is 10.3. The molecule has 1 aliphatic heterocycles. The molecule has 0 radical (unpaired) electrons. The summed E-state index contributed by atoms with van der Waals surface area (Å²) in [6, 6.07) is 7.61. The second-order valence-electron chi connectivity index (χ2n) is 5.95. The molecule has 0 amide bonds. The summed E-state index contributed by atoms with van der Waals surface area (Å²) in [5, 5.41) is 11.0. The molecule has 2 aromatic rings. The fraction of sp³-hybridized carbons (Fsp3) is 0.294. The van der Waals surface area contributed by atoms with Gasteiger partial charge in [-0.3, -0.25) is 10.1 Å². The molecule has 3 rings (SSSR count). The second kappa shape index (κ2) is 6.93. The summed E-state index contributed by atoms with van der Waals surface area (Å²) in [6.45, 7) is 4.21. The van der Waals surface area contributed by atoms with E-state index in [1.807, 2.05) is 0 Å². The van der Waals surface area contributed by atoms with Gasteiger partial charge in [0, 0.05) is 18.7 Å². The van der Waals surface area contributed by atoms with Gasteiger partial charge in [0.25, 0.3) is 5.69 Å². The number of nitrogens with zero attached hydrogens (tertiary/aromatic N) is 1. The first-order valence-corrected chi connectivity index (χ1v) is 9.40. The Kier molecular flexibility index (Phi) is 4.84. The zero-order chi connectivity index (χ0) is 18.9. The van der Waals surface area contributed by atoms with E-state index in [-0.39, 0.29) is 17.1 Å². The maximum absolute atomic E-state index is 12.7. The van der Waals surface area contributed by atoms with Crippen LogP contribution in [0.25, 0.3) is 0 Å². The van der Waals surface area contributed by atoms with Crippen LogP contribution in [0.1, 0.15) is 16.7 Å². The number of aryl methyl sites for hydroxylation is 1. The Balaban J connectivity index is 1.85. The van der Waals surface area contributed by atoms with Gasteiger partial charge in [-0.25, -0.2) is 13.1 Å². The number of nitrogens with one attached hydrogen (secondary N) is 1. The average molecular weight is 378 g/mol. The smallest absolute Gasteiger partial charge is 0.271 e. The van der Waals surface area contributed by atoms with Crippen LogP contribution in [-0.2, 0) is 16.6 Å². The Morgan fingerprint density at radius 2 is 1.81 bits per heavy atom. The lowest BCUT2D eigenvalue weighted by atomic mass is 10.1. The van der Waals surface area contributed by atoms with Gasteiger partial charge in [0.2, 0.25) is 10.0 Å². The van der Waals surface area contributed by atoms with Crippen LogP contribution < -0.4 is 14.2 Å². The quantitative estimate of drug-likeness (QED) is 0.632. The Hall–Kier alpha value is -2.65. The van der Waals surface area contributed by atoms with Crippen molar-refractivity contribution in [1.82, 2.24) is 4.72 Å². The molecule has 1 aliphatic rings. The van der Waals surface area contributed by atoms with Crippen LogP contribution in [0.15, 0.2) is 35.2 Å². The van der Waals surface area contributed by atoms with Gasteiger partial charge in [-0.05, 0) is 42.7 Å². The topological polar surface area (TPSA) is 108 Å². The summed E-state index contributed by atoms with van der Waals surface area (Å²) >= 11 is 0. The molecule has 0 unspecified atom stereocenters. The first-order chi connectivity index (χ1) is 12.3. The largest absolute Gasteiger partial charge is 0.486 e. The van der Waals surface area contributed by atoms with E-state index >= 15 is 0 Å². The molecule has 26 heavy (non-hydrogen) atoms. The molecule has 9 heteroatoms. The predicted octanol–water partition coefficient (Wildman–Crippen LogP) is 2.46. The SMILES string of the molecule is Cc1cc([N+](=O)[O-])cc(S(=O)(=O)NCc2ccc3c(c2)OCCO3)c1C. The Labute approximate surface area is 150 Å². The van der Waals surface area contributed by atoms with Crippen LogP contribution in [-0.4, -0.2) is 26.6 Å². The van der Waals surface area contributed by atoms with E-state index in [1.54, 1.807) is 32.0 Å². The minimum Gasteiger partial charge on any atom is -0.486 e. The van der Waals surface area contributed by atoms with Crippen LogP contribution >= 0.6 is 0 Å². The van der Waals surface area contributed by atoms with Gasteiger partial charge in [0.15, 0.2) is 11.5 Å². The van der Waals surface area contributed by atoms with Crippen molar-refractivity contribution < 1.29 is 22.8 Å². The number of fused-ring (bicyclic) bond motifs is 1. The third-order valence-corrected chi connectivity index (χ3v) is 5.71. The zero-order valence-electron chi connectivity index (χ0n) is 14.3. The standard InChI is InChI=1S/C17H18N2O6S/c1-11-7-14(19(20)21)9-17(12(11)2)26(22,23)18-10-13-3-4-15-16(8-13)25-6-5-24-15/h3-4,7-9,18H,5-6,10H2,1-2H3. The monoisotopic (exact) mass is 378 g/mol. The van der Waals surface area contributed by atoms with E-state index < -0.39 is 14.9 Å². The third-order valence-electron chi connectivity index (χ3n) is 4.18. The molecule has 8 nitrogen and oxygen atoms in total.